The van der Waals surface area contributed by atoms with Gasteiger partial charge in [0.2, 0.25) is 0 Å². The average Bonchev–Trinajstić information content (AvgIpc) is 2.82. The number of likely N-dealkylation sites (tertiary alicyclic amines) is 1. The van der Waals surface area contributed by atoms with Crippen molar-refractivity contribution < 1.29 is 19.0 Å². The SMILES string of the molecule is COC(=O)C=C(C(OC)OC)N1CCCC1. The van der Waals surface area contributed by atoms with Crippen molar-refractivity contribution in [2.75, 3.05) is 34.4 Å². The van der Waals surface area contributed by atoms with E-state index in [-0.39, 0.29) is 5.97 Å². The van der Waals surface area contributed by atoms with Crippen molar-refractivity contribution in [3.63, 3.8) is 0 Å². The Kier molecular flexibility index (Phi) is 5.28. The first-order chi connectivity index (χ1) is 7.72. The van der Waals surface area contributed by atoms with Gasteiger partial charge in [0.25, 0.3) is 0 Å². The molecular weight excluding hydrogens is 210 g/mol. The molecule has 0 bridgehead atoms. The molecule has 0 atom stereocenters. The van der Waals surface area contributed by atoms with E-state index >= 15 is 0 Å². The number of carbonyl (C=O) groups is 1. The molecule has 1 rings (SSSR count). The summed E-state index contributed by atoms with van der Waals surface area (Å²) in [7, 11) is 4.46. The Morgan fingerprint density at radius 3 is 2.19 bits per heavy atom. The zero-order valence-electron chi connectivity index (χ0n) is 10.1. The van der Waals surface area contributed by atoms with Gasteiger partial charge in [-0.05, 0) is 12.8 Å². The minimum Gasteiger partial charge on any atom is -0.466 e. The summed E-state index contributed by atoms with van der Waals surface area (Å²) in [6.45, 7) is 1.85. The van der Waals surface area contributed by atoms with E-state index in [4.69, 9.17) is 9.47 Å². The highest BCUT2D eigenvalue weighted by Crippen LogP contribution is 2.19. The summed E-state index contributed by atoms with van der Waals surface area (Å²) in [5.41, 5.74) is 0.731. The van der Waals surface area contributed by atoms with E-state index in [2.05, 4.69) is 9.64 Å². The number of hydrogen-bond acceptors (Lipinski definition) is 5. The van der Waals surface area contributed by atoms with E-state index < -0.39 is 6.29 Å². The molecule has 0 aliphatic carbocycles. The molecule has 1 heterocycles. The molecule has 0 spiro atoms. The number of methoxy groups -OCH3 is 3. The fourth-order valence-electron chi connectivity index (χ4n) is 1.80. The first-order valence-corrected chi connectivity index (χ1v) is 5.33. The Balaban J connectivity index is 2.82. The number of carbonyl (C=O) groups excluding carboxylic acids is 1. The minimum atomic E-state index is -0.516. The molecule has 5 heteroatoms. The van der Waals surface area contributed by atoms with E-state index in [1.807, 2.05) is 0 Å². The molecule has 5 nitrogen and oxygen atoms in total. The number of nitrogens with zero attached hydrogens (tertiary/aromatic N) is 1. The summed E-state index contributed by atoms with van der Waals surface area (Å²) in [6, 6.07) is 0. The average molecular weight is 229 g/mol. The summed E-state index contributed by atoms with van der Waals surface area (Å²) in [5.74, 6) is -0.388. The Hall–Kier alpha value is -1.07. The van der Waals surface area contributed by atoms with Crippen LogP contribution in [0.5, 0.6) is 0 Å². The molecule has 1 saturated heterocycles. The summed E-state index contributed by atoms with van der Waals surface area (Å²) in [6.07, 6.45) is 3.16. The van der Waals surface area contributed by atoms with Gasteiger partial charge in [-0.3, -0.25) is 0 Å². The van der Waals surface area contributed by atoms with Crippen molar-refractivity contribution in [2.45, 2.75) is 19.1 Å². The van der Waals surface area contributed by atoms with Crippen LogP contribution in [-0.4, -0.2) is 51.6 Å². The van der Waals surface area contributed by atoms with Crippen LogP contribution in [0.1, 0.15) is 12.8 Å². The van der Waals surface area contributed by atoms with Gasteiger partial charge < -0.3 is 19.1 Å². The van der Waals surface area contributed by atoms with Crippen LogP contribution < -0.4 is 0 Å². The van der Waals surface area contributed by atoms with E-state index in [9.17, 15) is 4.79 Å². The predicted octanol–water partition coefficient (Wildman–Crippen LogP) is 0.758. The quantitative estimate of drug-likeness (QED) is 0.396. The molecule has 92 valence electrons. The zero-order chi connectivity index (χ0) is 12.0. The molecule has 0 N–H and O–H groups in total. The maximum atomic E-state index is 11.3. The van der Waals surface area contributed by atoms with E-state index in [1.54, 1.807) is 14.2 Å². The maximum Gasteiger partial charge on any atom is 0.332 e. The summed E-state index contributed by atoms with van der Waals surface area (Å²) < 4.78 is 15.0. The Labute approximate surface area is 96.0 Å². The molecule has 16 heavy (non-hydrogen) atoms. The fraction of sp³-hybridized carbons (Fsp3) is 0.727. The largest absolute Gasteiger partial charge is 0.466 e. The number of rotatable bonds is 5. The lowest BCUT2D eigenvalue weighted by molar-refractivity contribution is -0.135. The van der Waals surface area contributed by atoms with Gasteiger partial charge in [-0.15, -0.1) is 0 Å². The van der Waals surface area contributed by atoms with Crippen molar-refractivity contribution in [2.24, 2.45) is 0 Å². The van der Waals surface area contributed by atoms with Crippen LogP contribution in [0.3, 0.4) is 0 Å². The number of hydrogen-bond donors (Lipinski definition) is 0. The second-order valence-electron chi connectivity index (χ2n) is 3.59. The molecule has 1 aliphatic heterocycles. The van der Waals surface area contributed by atoms with Gasteiger partial charge in [0.05, 0.1) is 12.8 Å². The van der Waals surface area contributed by atoms with E-state index in [0.717, 1.165) is 31.6 Å². The second-order valence-corrected chi connectivity index (χ2v) is 3.59. The number of esters is 1. The molecule has 1 fully saturated rings. The molecule has 0 amide bonds. The van der Waals surface area contributed by atoms with Gasteiger partial charge >= 0.3 is 5.97 Å². The molecule has 0 aromatic carbocycles. The first kappa shape index (κ1) is 13.0. The van der Waals surface area contributed by atoms with Gasteiger partial charge in [-0.2, -0.15) is 0 Å². The predicted molar refractivity (Wildman–Crippen MR) is 58.7 cm³/mol. The molecule has 1 aliphatic rings. The standard InChI is InChI=1S/C11H19NO4/c1-14-10(13)8-9(11(15-2)16-3)12-6-4-5-7-12/h8,11H,4-7H2,1-3H3. The molecule has 0 radical (unpaired) electrons. The topological polar surface area (TPSA) is 48.0 Å². The van der Waals surface area contributed by atoms with E-state index in [1.165, 1.54) is 13.2 Å². The lowest BCUT2D eigenvalue weighted by atomic mass is 10.3. The zero-order valence-corrected chi connectivity index (χ0v) is 10.1. The second kappa shape index (κ2) is 6.50. The van der Waals surface area contributed by atoms with Crippen LogP contribution in [0.25, 0.3) is 0 Å². The third-order valence-corrected chi connectivity index (χ3v) is 2.61. The van der Waals surface area contributed by atoms with Gasteiger partial charge in [0.1, 0.15) is 0 Å². The van der Waals surface area contributed by atoms with Crippen molar-refractivity contribution >= 4 is 5.97 Å². The first-order valence-electron chi connectivity index (χ1n) is 5.33. The third-order valence-electron chi connectivity index (χ3n) is 2.61. The number of ether oxygens (including phenoxy) is 3. The van der Waals surface area contributed by atoms with Gasteiger partial charge in [-0.25, -0.2) is 4.79 Å². The Morgan fingerprint density at radius 2 is 1.75 bits per heavy atom. The van der Waals surface area contributed by atoms with Gasteiger partial charge in [0, 0.05) is 33.4 Å². The highest BCUT2D eigenvalue weighted by atomic mass is 16.7. The molecular formula is C11H19NO4. The van der Waals surface area contributed by atoms with Crippen molar-refractivity contribution in [1.29, 1.82) is 0 Å². The van der Waals surface area contributed by atoms with Crippen LogP contribution in [0.2, 0.25) is 0 Å². The monoisotopic (exact) mass is 229 g/mol. The van der Waals surface area contributed by atoms with Crippen LogP contribution in [0.4, 0.5) is 0 Å². The Morgan fingerprint density at radius 1 is 1.19 bits per heavy atom. The minimum absolute atomic E-state index is 0.388. The van der Waals surface area contributed by atoms with Crippen LogP contribution in [-0.2, 0) is 19.0 Å². The highest BCUT2D eigenvalue weighted by Gasteiger charge is 2.23. The lowest BCUT2D eigenvalue weighted by Crippen LogP contribution is -2.31. The maximum absolute atomic E-state index is 11.3. The van der Waals surface area contributed by atoms with Crippen LogP contribution in [0.15, 0.2) is 11.8 Å². The van der Waals surface area contributed by atoms with Gasteiger partial charge in [0.15, 0.2) is 6.29 Å². The van der Waals surface area contributed by atoms with Crippen LogP contribution >= 0.6 is 0 Å². The lowest BCUT2D eigenvalue weighted by Gasteiger charge is -2.26. The smallest absolute Gasteiger partial charge is 0.332 e. The van der Waals surface area contributed by atoms with Crippen molar-refractivity contribution in [1.82, 2.24) is 4.90 Å². The molecule has 0 unspecified atom stereocenters. The molecule has 0 saturated carbocycles. The van der Waals surface area contributed by atoms with Gasteiger partial charge in [-0.1, -0.05) is 0 Å². The Bertz CT molecular complexity index is 251. The molecule has 0 aromatic rings. The fourth-order valence-corrected chi connectivity index (χ4v) is 1.80. The summed E-state index contributed by atoms with van der Waals surface area (Å²) in [5, 5.41) is 0. The van der Waals surface area contributed by atoms with Crippen LogP contribution in [0, 0.1) is 0 Å². The molecule has 0 aromatic heterocycles. The van der Waals surface area contributed by atoms with Crippen molar-refractivity contribution in [3.05, 3.63) is 11.8 Å². The van der Waals surface area contributed by atoms with E-state index in [0.29, 0.717) is 0 Å². The van der Waals surface area contributed by atoms with Crippen molar-refractivity contribution in [3.8, 4) is 0 Å². The highest BCUT2D eigenvalue weighted by molar-refractivity contribution is 5.82. The third kappa shape index (κ3) is 3.21. The summed E-state index contributed by atoms with van der Waals surface area (Å²) in [4.78, 5) is 13.4. The summed E-state index contributed by atoms with van der Waals surface area (Å²) >= 11 is 0. The normalized spacial score (nSPS) is 17.0.